The van der Waals surface area contributed by atoms with Gasteiger partial charge < -0.3 is 15.4 Å². The van der Waals surface area contributed by atoms with Gasteiger partial charge >= 0.3 is 5.97 Å². The number of rotatable bonds is 7. The lowest BCUT2D eigenvalue weighted by atomic mass is 10.0. The van der Waals surface area contributed by atoms with E-state index >= 15 is 0 Å². The molecule has 7 nitrogen and oxygen atoms in total. The molecule has 0 aromatic heterocycles. The molecule has 0 aliphatic heterocycles. The van der Waals surface area contributed by atoms with Crippen molar-refractivity contribution in [3.63, 3.8) is 0 Å². The number of carbonyl (C=O) groups excluding carboxylic acids is 3. The maximum Gasteiger partial charge on any atom is 0.338 e. The van der Waals surface area contributed by atoms with Gasteiger partial charge in [-0.15, -0.1) is 0 Å². The Bertz CT molecular complexity index is 913. The van der Waals surface area contributed by atoms with Crippen LogP contribution in [0.5, 0.6) is 0 Å². The minimum atomic E-state index is -0.984. The number of nitrogens with one attached hydrogen (secondary N) is 2. The Kier molecular flexibility index (Phi) is 7.49. The minimum absolute atomic E-state index is 0.240. The molecule has 2 N–H and O–H groups in total. The summed E-state index contributed by atoms with van der Waals surface area (Å²) in [4.78, 5) is 35.9. The van der Waals surface area contributed by atoms with Crippen molar-refractivity contribution >= 4 is 29.2 Å². The normalized spacial score (nSPS) is 11.3. The van der Waals surface area contributed by atoms with Crippen LogP contribution >= 0.6 is 0 Å². The molecule has 0 heterocycles. The van der Waals surface area contributed by atoms with Gasteiger partial charge in [0.1, 0.15) is 6.42 Å². The van der Waals surface area contributed by atoms with Crippen LogP contribution in [-0.4, -0.2) is 23.9 Å². The number of nitrogens with zero attached hydrogens (tertiary/aromatic N) is 1. The fourth-order valence-corrected chi connectivity index (χ4v) is 2.44. The van der Waals surface area contributed by atoms with Crippen molar-refractivity contribution in [1.29, 1.82) is 5.26 Å². The van der Waals surface area contributed by atoms with Gasteiger partial charge in [0.25, 0.3) is 5.91 Å². The lowest BCUT2D eigenvalue weighted by molar-refractivity contribution is -0.123. The van der Waals surface area contributed by atoms with Crippen LogP contribution in [0, 0.1) is 11.3 Å². The average Bonchev–Trinajstić information content (AvgIpc) is 2.69. The van der Waals surface area contributed by atoms with Gasteiger partial charge in [0, 0.05) is 11.4 Å². The van der Waals surface area contributed by atoms with E-state index in [1.807, 2.05) is 12.1 Å². The molecule has 0 aliphatic carbocycles. The van der Waals surface area contributed by atoms with Gasteiger partial charge in [-0.25, -0.2) is 4.79 Å². The average molecular weight is 393 g/mol. The Labute approximate surface area is 169 Å². The third kappa shape index (κ3) is 6.47. The quantitative estimate of drug-likeness (QED) is 0.695. The maximum atomic E-state index is 12.3. The zero-order valence-electron chi connectivity index (χ0n) is 16.6. The molecule has 2 rings (SSSR count). The highest BCUT2D eigenvalue weighted by Gasteiger charge is 2.19. The van der Waals surface area contributed by atoms with E-state index < -0.39 is 23.9 Å². The minimum Gasteiger partial charge on any atom is -0.449 e. The summed E-state index contributed by atoms with van der Waals surface area (Å²) in [6.45, 7) is 5.66. The van der Waals surface area contributed by atoms with Crippen molar-refractivity contribution in [2.45, 2.75) is 39.2 Å². The number of hydrogen-bond donors (Lipinski definition) is 2. The highest BCUT2D eigenvalue weighted by molar-refractivity contribution is 5.98. The Morgan fingerprint density at radius 3 is 2.03 bits per heavy atom. The largest absolute Gasteiger partial charge is 0.449 e. The first kappa shape index (κ1) is 21.6. The summed E-state index contributed by atoms with van der Waals surface area (Å²) in [6.07, 6.45) is -1.24. The summed E-state index contributed by atoms with van der Waals surface area (Å²) in [7, 11) is 0. The van der Waals surface area contributed by atoms with E-state index in [1.165, 1.54) is 31.2 Å². The molecule has 0 unspecified atom stereocenters. The third-order valence-electron chi connectivity index (χ3n) is 4.14. The Hall–Kier alpha value is -3.66. The molecule has 0 saturated heterocycles. The lowest BCUT2D eigenvalue weighted by Crippen LogP contribution is -2.30. The van der Waals surface area contributed by atoms with E-state index in [-0.39, 0.29) is 12.0 Å². The van der Waals surface area contributed by atoms with Crippen molar-refractivity contribution in [2.75, 3.05) is 10.6 Å². The molecular weight excluding hydrogens is 370 g/mol. The smallest absolute Gasteiger partial charge is 0.338 e. The molecule has 1 atom stereocenters. The summed E-state index contributed by atoms with van der Waals surface area (Å²) in [6, 6.07) is 15.2. The Balaban J connectivity index is 1.91. The zero-order valence-corrected chi connectivity index (χ0v) is 16.6. The fraction of sp³-hybridized carbons (Fsp3) is 0.273. The summed E-state index contributed by atoms with van der Waals surface area (Å²) in [5.41, 5.74) is 2.48. The van der Waals surface area contributed by atoms with E-state index in [0.29, 0.717) is 17.3 Å². The van der Waals surface area contributed by atoms with Gasteiger partial charge in [-0.05, 0) is 54.8 Å². The molecule has 0 fully saturated rings. The van der Waals surface area contributed by atoms with Crippen LogP contribution in [0.4, 0.5) is 11.4 Å². The molecule has 0 radical (unpaired) electrons. The van der Waals surface area contributed by atoms with Crippen LogP contribution in [0.3, 0.4) is 0 Å². The van der Waals surface area contributed by atoms with Crippen LogP contribution in [-0.2, 0) is 14.3 Å². The number of anilines is 2. The first-order valence-electron chi connectivity index (χ1n) is 9.19. The second kappa shape index (κ2) is 10.0. The lowest BCUT2D eigenvalue weighted by Gasteiger charge is -2.14. The standard InChI is InChI=1S/C22H23N3O4/c1-14(2)16-4-8-19(9-5-16)25-21(27)15(3)29-22(28)17-6-10-18(11-7-17)24-20(26)12-13-23/h4-11,14-15H,12H2,1-3H3,(H,24,26)(H,25,27)/t15-/m1/s1. The second-order valence-corrected chi connectivity index (χ2v) is 6.77. The molecule has 150 valence electrons. The zero-order chi connectivity index (χ0) is 21.4. The van der Waals surface area contributed by atoms with Gasteiger partial charge in [0.15, 0.2) is 6.10 Å². The highest BCUT2D eigenvalue weighted by Crippen LogP contribution is 2.18. The summed E-state index contributed by atoms with van der Waals surface area (Å²) >= 11 is 0. The predicted molar refractivity (Wildman–Crippen MR) is 109 cm³/mol. The number of carbonyl (C=O) groups is 3. The molecule has 0 saturated carbocycles. The SMILES string of the molecule is CC(C)c1ccc(NC(=O)[C@@H](C)OC(=O)c2ccc(NC(=O)CC#N)cc2)cc1. The molecule has 7 heteroatoms. The molecule has 0 spiro atoms. The van der Waals surface area contributed by atoms with E-state index in [1.54, 1.807) is 18.2 Å². The van der Waals surface area contributed by atoms with Crippen molar-refractivity contribution in [3.8, 4) is 6.07 Å². The third-order valence-corrected chi connectivity index (χ3v) is 4.14. The van der Waals surface area contributed by atoms with Gasteiger partial charge in [-0.2, -0.15) is 5.26 Å². The summed E-state index contributed by atoms with van der Waals surface area (Å²) in [5.74, 6) is -1.13. The molecule has 0 bridgehead atoms. The Morgan fingerprint density at radius 1 is 0.931 bits per heavy atom. The number of amides is 2. The van der Waals surface area contributed by atoms with Crippen LogP contribution in [0.1, 0.15) is 49.0 Å². The second-order valence-electron chi connectivity index (χ2n) is 6.77. The van der Waals surface area contributed by atoms with Crippen molar-refractivity contribution < 1.29 is 19.1 Å². The van der Waals surface area contributed by atoms with E-state index in [0.717, 1.165) is 5.56 Å². The van der Waals surface area contributed by atoms with Crippen LogP contribution in [0.2, 0.25) is 0 Å². The number of nitriles is 1. The van der Waals surface area contributed by atoms with Gasteiger partial charge in [0.05, 0.1) is 11.6 Å². The van der Waals surface area contributed by atoms with Gasteiger partial charge in [0.2, 0.25) is 5.91 Å². The van der Waals surface area contributed by atoms with Crippen molar-refractivity contribution in [1.82, 2.24) is 0 Å². The maximum absolute atomic E-state index is 12.3. The van der Waals surface area contributed by atoms with Crippen LogP contribution in [0.25, 0.3) is 0 Å². The van der Waals surface area contributed by atoms with Gasteiger partial charge in [-0.3, -0.25) is 9.59 Å². The molecule has 29 heavy (non-hydrogen) atoms. The van der Waals surface area contributed by atoms with E-state index in [2.05, 4.69) is 24.5 Å². The van der Waals surface area contributed by atoms with Crippen LogP contribution in [0.15, 0.2) is 48.5 Å². The molecule has 0 aliphatic rings. The molecule has 2 aromatic carbocycles. The van der Waals surface area contributed by atoms with Crippen molar-refractivity contribution in [2.24, 2.45) is 0 Å². The number of ether oxygens (including phenoxy) is 1. The number of esters is 1. The molecule has 2 aromatic rings. The van der Waals surface area contributed by atoms with Crippen molar-refractivity contribution in [3.05, 3.63) is 59.7 Å². The van der Waals surface area contributed by atoms with E-state index in [9.17, 15) is 14.4 Å². The molecule has 2 amide bonds. The summed E-state index contributed by atoms with van der Waals surface area (Å²) in [5, 5.41) is 13.7. The first-order chi connectivity index (χ1) is 13.8. The monoisotopic (exact) mass is 393 g/mol. The topological polar surface area (TPSA) is 108 Å². The summed E-state index contributed by atoms with van der Waals surface area (Å²) < 4.78 is 5.21. The molecular formula is C22H23N3O4. The Morgan fingerprint density at radius 2 is 1.48 bits per heavy atom. The predicted octanol–water partition coefficient (Wildman–Crippen LogP) is 3.85. The van der Waals surface area contributed by atoms with E-state index in [4.69, 9.17) is 10.00 Å². The number of hydrogen-bond acceptors (Lipinski definition) is 5. The fourth-order valence-electron chi connectivity index (χ4n) is 2.44. The van der Waals surface area contributed by atoms with Crippen LogP contribution < -0.4 is 10.6 Å². The number of benzene rings is 2. The highest BCUT2D eigenvalue weighted by atomic mass is 16.5. The first-order valence-corrected chi connectivity index (χ1v) is 9.19. The van der Waals surface area contributed by atoms with Gasteiger partial charge in [-0.1, -0.05) is 26.0 Å².